The highest BCUT2D eigenvalue weighted by Crippen LogP contribution is 2.34. The van der Waals surface area contributed by atoms with Crippen molar-refractivity contribution in [3.05, 3.63) is 65.7 Å². The van der Waals surface area contributed by atoms with E-state index in [0.29, 0.717) is 11.1 Å². The highest BCUT2D eigenvalue weighted by molar-refractivity contribution is 5.43. The van der Waals surface area contributed by atoms with E-state index in [1.165, 1.54) is 0 Å². The molecule has 2 aromatic carbocycles. The molecule has 0 radical (unpaired) electrons. The zero-order chi connectivity index (χ0) is 14.8. The van der Waals surface area contributed by atoms with Crippen LogP contribution in [0.25, 0.3) is 0 Å². The lowest BCUT2D eigenvalue weighted by molar-refractivity contribution is 0.0989. The van der Waals surface area contributed by atoms with Gasteiger partial charge in [0.15, 0.2) is 0 Å². The summed E-state index contributed by atoms with van der Waals surface area (Å²) < 4.78 is 26.6. The molecule has 0 bridgehead atoms. The van der Waals surface area contributed by atoms with Gasteiger partial charge in [-0.3, -0.25) is 0 Å². The Hall–Kier alpha value is -1.80. The number of ether oxygens (including phenoxy) is 1. The van der Waals surface area contributed by atoms with Crippen molar-refractivity contribution in [3.63, 3.8) is 0 Å². The van der Waals surface area contributed by atoms with Crippen molar-refractivity contribution < 1.29 is 14.0 Å². The number of para-hydroxylation sites is 1. The Morgan fingerprint density at radius 3 is 2.41 bits per heavy atom. The van der Waals surface area contributed by atoms with E-state index in [1.807, 2.05) is 18.2 Å². The Bertz CT molecular complexity index is 577. The first-order chi connectivity index (χ1) is 9.31. The van der Waals surface area contributed by atoms with Crippen LogP contribution in [0.3, 0.4) is 0 Å². The normalized spacial score (nSPS) is 17.4. The molecule has 0 aliphatic rings. The second-order valence-corrected chi connectivity index (χ2v) is 4.04. The van der Waals surface area contributed by atoms with Gasteiger partial charge >= 0.3 is 0 Å². The lowest BCUT2D eigenvalue weighted by Crippen LogP contribution is -2.23. The zero-order valence-electron chi connectivity index (χ0n) is 12.6. The fraction of sp³-hybridized carbons (Fsp3) is 0.200. The standard InChI is InChI=1S/C15H16O2/c1-15(16,12-8-4-3-5-9-12)13-10-6-7-11-14(13)17-2/h3-11,16H,1-2H3/i2D3. The van der Waals surface area contributed by atoms with Crippen molar-refractivity contribution in [2.75, 3.05) is 7.04 Å². The van der Waals surface area contributed by atoms with Gasteiger partial charge < -0.3 is 9.84 Å². The first-order valence-electron chi connectivity index (χ1n) is 6.87. The quantitative estimate of drug-likeness (QED) is 0.880. The number of hydrogen-bond acceptors (Lipinski definition) is 2. The predicted molar refractivity (Wildman–Crippen MR) is 68.1 cm³/mol. The highest BCUT2D eigenvalue weighted by Gasteiger charge is 2.28. The van der Waals surface area contributed by atoms with Crippen LogP contribution in [-0.4, -0.2) is 12.1 Å². The Morgan fingerprint density at radius 1 is 1.06 bits per heavy atom. The van der Waals surface area contributed by atoms with E-state index in [1.54, 1.807) is 43.3 Å². The Morgan fingerprint density at radius 2 is 1.71 bits per heavy atom. The van der Waals surface area contributed by atoms with Gasteiger partial charge in [-0.25, -0.2) is 0 Å². The fourth-order valence-corrected chi connectivity index (χ4v) is 1.88. The molecule has 2 nitrogen and oxygen atoms in total. The smallest absolute Gasteiger partial charge is 0.125 e. The van der Waals surface area contributed by atoms with E-state index < -0.39 is 12.6 Å². The maximum absolute atomic E-state index is 10.8. The van der Waals surface area contributed by atoms with E-state index in [9.17, 15) is 5.11 Å². The molecule has 2 heteroatoms. The molecule has 17 heavy (non-hydrogen) atoms. The van der Waals surface area contributed by atoms with Crippen molar-refractivity contribution in [3.8, 4) is 5.75 Å². The van der Waals surface area contributed by atoms with Crippen LogP contribution in [-0.2, 0) is 5.60 Å². The molecule has 1 unspecified atom stereocenters. The van der Waals surface area contributed by atoms with Crippen LogP contribution in [0.5, 0.6) is 5.75 Å². The molecule has 2 aromatic rings. The summed E-state index contributed by atoms with van der Waals surface area (Å²) in [7, 11) is -2.55. The summed E-state index contributed by atoms with van der Waals surface area (Å²) in [4.78, 5) is 0. The molecule has 0 amide bonds. The van der Waals surface area contributed by atoms with Gasteiger partial charge in [0.1, 0.15) is 11.4 Å². The second kappa shape index (κ2) is 4.60. The van der Waals surface area contributed by atoms with E-state index in [0.717, 1.165) is 0 Å². The maximum Gasteiger partial charge on any atom is 0.125 e. The summed E-state index contributed by atoms with van der Waals surface area (Å²) in [6.07, 6.45) is 0. The molecule has 0 saturated heterocycles. The maximum atomic E-state index is 10.8. The monoisotopic (exact) mass is 231 g/mol. The van der Waals surface area contributed by atoms with Crippen LogP contribution in [0.4, 0.5) is 0 Å². The van der Waals surface area contributed by atoms with Gasteiger partial charge in [0, 0.05) is 5.56 Å². The van der Waals surface area contributed by atoms with Gasteiger partial charge in [-0.15, -0.1) is 0 Å². The molecule has 1 N–H and O–H groups in total. The third-order valence-corrected chi connectivity index (χ3v) is 2.86. The molecule has 88 valence electrons. The van der Waals surface area contributed by atoms with Crippen LogP contribution >= 0.6 is 0 Å². The van der Waals surface area contributed by atoms with Crippen molar-refractivity contribution in [1.82, 2.24) is 0 Å². The minimum Gasteiger partial charge on any atom is -0.496 e. The first-order valence-corrected chi connectivity index (χ1v) is 5.37. The van der Waals surface area contributed by atoms with Crippen LogP contribution in [0, 0.1) is 0 Å². The summed E-state index contributed by atoms with van der Waals surface area (Å²) >= 11 is 0. The first kappa shape index (κ1) is 8.31. The molecule has 0 saturated carbocycles. The van der Waals surface area contributed by atoms with Crippen molar-refractivity contribution >= 4 is 0 Å². The molecule has 0 fully saturated rings. The fourth-order valence-electron chi connectivity index (χ4n) is 1.88. The van der Waals surface area contributed by atoms with Gasteiger partial charge in [-0.05, 0) is 18.6 Å². The van der Waals surface area contributed by atoms with E-state index >= 15 is 0 Å². The summed E-state index contributed by atoms with van der Waals surface area (Å²) in [5.74, 6) is 0.154. The molecule has 0 spiro atoms. The topological polar surface area (TPSA) is 29.5 Å². The number of hydrogen-bond donors (Lipinski definition) is 1. The average Bonchev–Trinajstić information content (AvgIpc) is 2.38. The van der Waals surface area contributed by atoms with Crippen molar-refractivity contribution in [1.29, 1.82) is 0 Å². The Kier molecular flexibility index (Phi) is 2.25. The third-order valence-electron chi connectivity index (χ3n) is 2.86. The van der Waals surface area contributed by atoms with Crippen LogP contribution < -0.4 is 4.74 Å². The van der Waals surface area contributed by atoms with Crippen LogP contribution in [0.1, 0.15) is 22.2 Å². The van der Waals surface area contributed by atoms with Gasteiger partial charge in [-0.1, -0.05) is 48.5 Å². The largest absolute Gasteiger partial charge is 0.496 e. The molecule has 2 rings (SSSR count). The minimum atomic E-state index is -2.55. The summed E-state index contributed by atoms with van der Waals surface area (Å²) in [6, 6.07) is 15.7. The van der Waals surface area contributed by atoms with Gasteiger partial charge in [-0.2, -0.15) is 0 Å². The third kappa shape index (κ3) is 2.17. The minimum absolute atomic E-state index is 0.154. The lowest BCUT2D eigenvalue weighted by atomic mass is 9.88. The molecule has 1 atom stereocenters. The predicted octanol–water partition coefficient (Wildman–Crippen LogP) is 2.95. The Balaban J connectivity index is 2.47. The number of rotatable bonds is 3. The summed E-state index contributed by atoms with van der Waals surface area (Å²) in [5, 5.41) is 10.8. The molecule has 0 aliphatic heterocycles. The van der Waals surface area contributed by atoms with E-state index in [2.05, 4.69) is 0 Å². The summed E-state index contributed by atoms with van der Waals surface area (Å²) in [5.41, 5.74) is -0.243. The highest BCUT2D eigenvalue weighted by atomic mass is 16.5. The molecule has 0 aromatic heterocycles. The number of aliphatic hydroxyl groups is 1. The Labute approximate surface area is 106 Å². The van der Waals surface area contributed by atoms with Crippen molar-refractivity contribution in [2.45, 2.75) is 12.5 Å². The molecule has 0 heterocycles. The molecular formula is C15H16O2. The zero-order valence-corrected chi connectivity index (χ0v) is 9.55. The average molecular weight is 231 g/mol. The molecular weight excluding hydrogens is 212 g/mol. The molecule has 0 aliphatic carbocycles. The van der Waals surface area contributed by atoms with Gasteiger partial charge in [0.25, 0.3) is 0 Å². The van der Waals surface area contributed by atoms with Crippen LogP contribution in [0.2, 0.25) is 0 Å². The second-order valence-electron chi connectivity index (χ2n) is 4.04. The number of methoxy groups -OCH3 is 1. The van der Waals surface area contributed by atoms with Crippen molar-refractivity contribution in [2.24, 2.45) is 0 Å². The lowest BCUT2D eigenvalue weighted by Gasteiger charge is -2.26. The summed E-state index contributed by atoms with van der Waals surface area (Å²) in [6.45, 7) is 1.62. The van der Waals surface area contributed by atoms with Gasteiger partial charge in [0.2, 0.25) is 0 Å². The van der Waals surface area contributed by atoms with E-state index in [4.69, 9.17) is 8.85 Å². The SMILES string of the molecule is [2H]C([2H])([2H])Oc1ccccc1C(C)(O)c1ccccc1. The van der Waals surface area contributed by atoms with Gasteiger partial charge in [0.05, 0.1) is 11.2 Å². The van der Waals surface area contributed by atoms with Crippen LogP contribution in [0.15, 0.2) is 54.6 Å². The number of benzene rings is 2. The van der Waals surface area contributed by atoms with E-state index in [-0.39, 0.29) is 5.75 Å².